The minimum Gasteiger partial charge on any atom is -0.387 e. The van der Waals surface area contributed by atoms with E-state index in [1.165, 1.54) is 6.54 Å². The molecular formula is C11H24NO+. The number of aliphatic hydroxyl groups is 1. The van der Waals surface area contributed by atoms with Crippen molar-refractivity contribution in [2.24, 2.45) is 5.92 Å². The number of likely N-dealkylation sites (tertiary alicyclic amines) is 1. The molecule has 2 nitrogen and oxygen atoms in total. The van der Waals surface area contributed by atoms with E-state index >= 15 is 0 Å². The van der Waals surface area contributed by atoms with Gasteiger partial charge < -0.3 is 10.0 Å². The molecule has 2 heteroatoms. The van der Waals surface area contributed by atoms with Crippen LogP contribution < -0.4 is 4.90 Å². The number of nitrogens with one attached hydrogen (secondary N) is 1. The number of aliphatic hydroxyl groups excluding tert-OH is 1. The SMILES string of the molecule is C[C@H]1C[C@@H](O)[C@H](C)[NH+](C(C)(C)C)C1. The monoisotopic (exact) mass is 186 g/mol. The van der Waals surface area contributed by atoms with Crippen LogP contribution in [-0.2, 0) is 0 Å². The van der Waals surface area contributed by atoms with Gasteiger partial charge in [-0.1, -0.05) is 6.92 Å². The average Bonchev–Trinajstić information content (AvgIpc) is 1.94. The van der Waals surface area contributed by atoms with Crippen LogP contribution in [0.15, 0.2) is 0 Å². The van der Waals surface area contributed by atoms with Crippen molar-refractivity contribution in [3.63, 3.8) is 0 Å². The van der Waals surface area contributed by atoms with Gasteiger partial charge in [0.15, 0.2) is 0 Å². The molecule has 1 fully saturated rings. The van der Waals surface area contributed by atoms with E-state index in [2.05, 4.69) is 34.6 Å². The molecule has 1 rings (SSSR count). The second-order valence-corrected chi connectivity index (χ2v) is 5.68. The van der Waals surface area contributed by atoms with Gasteiger partial charge in [0.05, 0.1) is 12.1 Å². The van der Waals surface area contributed by atoms with Gasteiger partial charge in [-0.3, -0.25) is 0 Å². The van der Waals surface area contributed by atoms with Gasteiger partial charge in [-0.15, -0.1) is 0 Å². The minimum atomic E-state index is -0.113. The first-order valence-electron chi connectivity index (χ1n) is 5.36. The van der Waals surface area contributed by atoms with E-state index < -0.39 is 0 Å². The molecule has 13 heavy (non-hydrogen) atoms. The smallest absolute Gasteiger partial charge is 0.111 e. The van der Waals surface area contributed by atoms with Crippen molar-refractivity contribution in [3.8, 4) is 0 Å². The molecule has 4 atom stereocenters. The highest BCUT2D eigenvalue weighted by molar-refractivity contribution is 4.74. The standard InChI is InChI=1S/C11H23NO/c1-8-6-10(13)9(2)12(7-8)11(3,4)5/h8-10,13H,6-7H2,1-5H3/p+1/t8-,9-,10+/m0/s1. The van der Waals surface area contributed by atoms with Crippen LogP contribution in [0.2, 0.25) is 0 Å². The fraction of sp³-hybridized carbons (Fsp3) is 1.00. The summed E-state index contributed by atoms with van der Waals surface area (Å²) >= 11 is 0. The van der Waals surface area contributed by atoms with Crippen molar-refractivity contribution in [1.29, 1.82) is 0 Å². The van der Waals surface area contributed by atoms with Crippen LogP contribution in [0.25, 0.3) is 0 Å². The number of hydrogen-bond donors (Lipinski definition) is 2. The second kappa shape index (κ2) is 3.58. The predicted molar refractivity (Wildman–Crippen MR) is 54.8 cm³/mol. The minimum absolute atomic E-state index is 0.113. The predicted octanol–water partition coefficient (Wildman–Crippen LogP) is 0.459. The highest BCUT2D eigenvalue weighted by Crippen LogP contribution is 2.13. The Hall–Kier alpha value is -0.0800. The summed E-state index contributed by atoms with van der Waals surface area (Å²) in [5.74, 6) is 0.653. The molecule has 1 heterocycles. The lowest BCUT2D eigenvalue weighted by molar-refractivity contribution is -0.979. The number of rotatable bonds is 0. The lowest BCUT2D eigenvalue weighted by Crippen LogP contribution is -3.24. The number of piperidine rings is 1. The van der Waals surface area contributed by atoms with E-state index in [4.69, 9.17) is 0 Å². The van der Waals surface area contributed by atoms with Gasteiger partial charge >= 0.3 is 0 Å². The largest absolute Gasteiger partial charge is 0.387 e. The molecule has 1 aliphatic heterocycles. The summed E-state index contributed by atoms with van der Waals surface area (Å²) in [5, 5.41) is 9.86. The van der Waals surface area contributed by atoms with E-state index in [1.54, 1.807) is 4.90 Å². The Bertz CT molecular complexity index is 173. The van der Waals surface area contributed by atoms with Crippen molar-refractivity contribution >= 4 is 0 Å². The first-order valence-corrected chi connectivity index (χ1v) is 5.36. The molecule has 0 aliphatic carbocycles. The number of quaternary nitrogens is 1. The summed E-state index contributed by atoms with van der Waals surface area (Å²) < 4.78 is 0. The fourth-order valence-electron chi connectivity index (χ4n) is 2.48. The van der Waals surface area contributed by atoms with Crippen molar-refractivity contribution in [2.45, 2.75) is 58.7 Å². The van der Waals surface area contributed by atoms with Crippen molar-refractivity contribution < 1.29 is 10.0 Å². The van der Waals surface area contributed by atoms with Gasteiger partial charge in [0.2, 0.25) is 0 Å². The van der Waals surface area contributed by atoms with E-state index in [1.807, 2.05) is 0 Å². The first-order chi connectivity index (χ1) is 5.82. The van der Waals surface area contributed by atoms with Gasteiger partial charge in [0, 0.05) is 5.92 Å². The molecule has 78 valence electrons. The molecule has 0 amide bonds. The van der Waals surface area contributed by atoms with E-state index in [-0.39, 0.29) is 11.6 Å². The molecule has 0 aromatic rings. The molecule has 0 saturated carbocycles. The third-order valence-corrected chi connectivity index (χ3v) is 3.30. The molecule has 1 unspecified atom stereocenters. The van der Waals surface area contributed by atoms with Gasteiger partial charge in [0.25, 0.3) is 0 Å². The van der Waals surface area contributed by atoms with Crippen LogP contribution in [0.5, 0.6) is 0 Å². The highest BCUT2D eigenvalue weighted by Gasteiger charge is 2.39. The molecule has 1 saturated heterocycles. The lowest BCUT2D eigenvalue weighted by atomic mass is 9.88. The Balaban J connectivity index is 2.72. The molecule has 0 aromatic heterocycles. The van der Waals surface area contributed by atoms with Crippen LogP contribution in [0.1, 0.15) is 41.0 Å². The summed E-state index contributed by atoms with van der Waals surface area (Å²) in [5.41, 5.74) is 0.259. The Morgan fingerprint density at radius 3 is 2.23 bits per heavy atom. The normalized spacial score (nSPS) is 42.0. The highest BCUT2D eigenvalue weighted by atomic mass is 16.3. The van der Waals surface area contributed by atoms with Crippen LogP contribution >= 0.6 is 0 Å². The first kappa shape index (κ1) is 11.0. The molecule has 2 N–H and O–H groups in total. The van der Waals surface area contributed by atoms with Gasteiger partial charge in [-0.25, -0.2) is 0 Å². The topological polar surface area (TPSA) is 24.7 Å². The molecular weight excluding hydrogens is 162 g/mol. The Labute approximate surface area is 81.9 Å². The molecule has 0 spiro atoms. The molecule has 0 aromatic carbocycles. The second-order valence-electron chi connectivity index (χ2n) is 5.68. The van der Waals surface area contributed by atoms with Crippen LogP contribution in [-0.4, -0.2) is 29.3 Å². The van der Waals surface area contributed by atoms with E-state index in [0.29, 0.717) is 12.0 Å². The quantitative estimate of drug-likeness (QED) is 0.564. The van der Waals surface area contributed by atoms with Crippen molar-refractivity contribution in [2.75, 3.05) is 6.54 Å². The zero-order valence-corrected chi connectivity index (χ0v) is 9.59. The maximum atomic E-state index is 9.86. The maximum absolute atomic E-state index is 9.86. The third kappa shape index (κ3) is 2.44. The Kier molecular flexibility index (Phi) is 3.03. The summed E-state index contributed by atoms with van der Waals surface area (Å²) in [6.45, 7) is 12.4. The van der Waals surface area contributed by atoms with E-state index in [0.717, 1.165) is 6.42 Å². The van der Waals surface area contributed by atoms with Crippen LogP contribution in [0.4, 0.5) is 0 Å². The summed E-state index contributed by atoms with van der Waals surface area (Å²) in [6.07, 6.45) is 0.860. The van der Waals surface area contributed by atoms with Gasteiger partial charge in [0.1, 0.15) is 12.1 Å². The van der Waals surface area contributed by atoms with Crippen molar-refractivity contribution in [1.82, 2.24) is 0 Å². The van der Waals surface area contributed by atoms with Gasteiger partial charge in [-0.05, 0) is 34.1 Å². The van der Waals surface area contributed by atoms with E-state index in [9.17, 15) is 5.11 Å². The summed E-state index contributed by atoms with van der Waals surface area (Å²) in [6, 6.07) is 0.385. The summed E-state index contributed by atoms with van der Waals surface area (Å²) in [7, 11) is 0. The lowest BCUT2D eigenvalue weighted by Gasteiger charge is -2.44. The molecule has 1 aliphatic rings. The Morgan fingerprint density at radius 2 is 1.77 bits per heavy atom. The van der Waals surface area contributed by atoms with Crippen molar-refractivity contribution in [3.05, 3.63) is 0 Å². The summed E-state index contributed by atoms with van der Waals surface area (Å²) in [4.78, 5) is 1.54. The molecule has 0 radical (unpaired) electrons. The van der Waals surface area contributed by atoms with Crippen LogP contribution in [0, 0.1) is 5.92 Å². The fourth-order valence-corrected chi connectivity index (χ4v) is 2.48. The van der Waals surface area contributed by atoms with Crippen LogP contribution in [0.3, 0.4) is 0 Å². The Morgan fingerprint density at radius 1 is 1.23 bits per heavy atom. The molecule has 0 bridgehead atoms. The zero-order valence-electron chi connectivity index (χ0n) is 9.59. The maximum Gasteiger partial charge on any atom is 0.111 e. The van der Waals surface area contributed by atoms with Gasteiger partial charge in [-0.2, -0.15) is 0 Å². The average molecular weight is 186 g/mol. The number of hydrogen-bond acceptors (Lipinski definition) is 1. The zero-order chi connectivity index (χ0) is 10.2. The third-order valence-electron chi connectivity index (χ3n) is 3.30.